The van der Waals surface area contributed by atoms with Crippen molar-refractivity contribution in [2.75, 3.05) is 6.79 Å². The first-order chi connectivity index (χ1) is 12.2. The summed E-state index contributed by atoms with van der Waals surface area (Å²) in [5, 5.41) is 12.6. The standard InChI is InChI=1S/C19H21NO5/c21-19(22)9-15(12-5-6-17-18(8-12)24-11-23-17)20-10-14-7-13-3-1-2-4-16(13)25-14/h5-8,15,20H,1-4,9-11H2,(H,21,22)/t15-/m0/s1. The van der Waals surface area contributed by atoms with Gasteiger partial charge in [-0.1, -0.05) is 6.07 Å². The lowest BCUT2D eigenvalue weighted by molar-refractivity contribution is -0.137. The van der Waals surface area contributed by atoms with E-state index < -0.39 is 5.97 Å². The quantitative estimate of drug-likeness (QED) is 0.838. The van der Waals surface area contributed by atoms with E-state index in [1.165, 1.54) is 18.4 Å². The van der Waals surface area contributed by atoms with E-state index >= 15 is 0 Å². The number of aliphatic carboxylic acids is 1. The fourth-order valence-electron chi connectivity index (χ4n) is 3.48. The van der Waals surface area contributed by atoms with Crippen LogP contribution in [0.1, 0.15) is 48.0 Å². The van der Waals surface area contributed by atoms with Crippen molar-refractivity contribution in [3.05, 3.63) is 46.9 Å². The van der Waals surface area contributed by atoms with Crippen molar-refractivity contribution >= 4 is 5.97 Å². The Hall–Kier alpha value is -2.47. The summed E-state index contributed by atoms with van der Waals surface area (Å²) in [7, 11) is 0. The molecule has 0 radical (unpaired) electrons. The van der Waals surface area contributed by atoms with Crippen LogP contribution in [0.3, 0.4) is 0 Å². The van der Waals surface area contributed by atoms with Gasteiger partial charge in [-0.05, 0) is 48.6 Å². The minimum Gasteiger partial charge on any atom is -0.481 e. The van der Waals surface area contributed by atoms with Crippen molar-refractivity contribution in [3.8, 4) is 11.5 Å². The third-order valence-corrected chi connectivity index (χ3v) is 4.75. The number of carboxylic acids is 1. The van der Waals surface area contributed by atoms with Gasteiger partial charge in [-0.2, -0.15) is 0 Å². The van der Waals surface area contributed by atoms with Crippen LogP contribution in [-0.2, 0) is 24.2 Å². The maximum Gasteiger partial charge on any atom is 0.305 e. The molecule has 6 heteroatoms. The molecule has 0 saturated carbocycles. The predicted octanol–water partition coefficient (Wildman–Crippen LogP) is 3.19. The van der Waals surface area contributed by atoms with Gasteiger partial charge < -0.3 is 24.3 Å². The molecule has 1 aromatic carbocycles. The average molecular weight is 343 g/mol. The molecular formula is C19H21NO5. The number of hydrogen-bond donors (Lipinski definition) is 2. The molecule has 1 aliphatic heterocycles. The molecule has 0 bridgehead atoms. The van der Waals surface area contributed by atoms with E-state index in [1.54, 1.807) is 0 Å². The molecule has 1 aromatic heterocycles. The van der Waals surface area contributed by atoms with Crippen LogP contribution in [0.2, 0.25) is 0 Å². The highest BCUT2D eigenvalue weighted by molar-refractivity contribution is 5.68. The van der Waals surface area contributed by atoms with Crippen molar-refractivity contribution in [2.24, 2.45) is 0 Å². The molecule has 0 spiro atoms. The van der Waals surface area contributed by atoms with E-state index in [0.29, 0.717) is 18.0 Å². The molecule has 2 aliphatic rings. The van der Waals surface area contributed by atoms with Gasteiger partial charge in [-0.25, -0.2) is 0 Å². The van der Waals surface area contributed by atoms with Crippen molar-refractivity contribution in [2.45, 2.75) is 44.7 Å². The highest BCUT2D eigenvalue weighted by Gasteiger charge is 2.21. The van der Waals surface area contributed by atoms with Gasteiger partial charge in [0.05, 0.1) is 13.0 Å². The van der Waals surface area contributed by atoms with E-state index in [9.17, 15) is 9.90 Å². The minimum absolute atomic E-state index is 0.0138. The molecular weight excluding hydrogens is 322 g/mol. The SMILES string of the molecule is O=C(O)C[C@H](NCc1cc2c(o1)CCCC2)c1ccc2c(c1)OCO2. The Kier molecular flexibility index (Phi) is 4.36. The fraction of sp³-hybridized carbons (Fsp3) is 0.421. The summed E-state index contributed by atoms with van der Waals surface area (Å²) < 4.78 is 16.6. The molecule has 0 fully saturated rings. The molecule has 1 aliphatic carbocycles. The van der Waals surface area contributed by atoms with Crippen molar-refractivity contribution in [3.63, 3.8) is 0 Å². The molecule has 0 amide bonds. The molecule has 4 rings (SSSR count). The summed E-state index contributed by atoms with van der Waals surface area (Å²) in [6.45, 7) is 0.702. The molecule has 2 heterocycles. The highest BCUT2D eigenvalue weighted by atomic mass is 16.7. The molecule has 2 aromatic rings. The van der Waals surface area contributed by atoms with Crippen molar-refractivity contribution in [1.29, 1.82) is 0 Å². The van der Waals surface area contributed by atoms with Crippen LogP contribution in [0, 0.1) is 0 Å². The number of furan rings is 1. The normalized spacial score (nSPS) is 16.5. The number of carbonyl (C=O) groups is 1. The van der Waals surface area contributed by atoms with Crippen molar-refractivity contribution in [1.82, 2.24) is 5.32 Å². The Morgan fingerprint density at radius 2 is 2.00 bits per heavy atom. The Labute approximate surface area is 145 Å². The molecule has 132 valence electrons. The number of fused-ring (bicyclic) bond motifs is 2. The molecule has 25 heavy (non-hydrogen) atoms. The highest BCUT2D eigenvalue weighted by Crippen LogP contribution is 2.35. The summed E-state index contributed by atoms with van der Waals surface area (Å²) in [6.07, 6.45) is 4.43. The first kappa shape index (κ1) is 16.0. The Morgan fingerprint density at radius 1 is 1.16 bits per heavy atom. The lowest BCUT2D eigenvalue weighted by Crippen LogP contribution is -2.23. The van der Waals surface area contributed by atoms with Crippen LogP contribution in [0.5, 0.6) is 11.5 Å². The van der Waals surface area contributed by atoms with Crippen LogP contribution < -0.4 is 14.8 Å². The Bertz CT molecular complexity index is 759. The third kappa shape index (κ3) is 3.49. The number of carboxylic acid groups (broad SMARTS) is 1. The van der Waals surface area contributed by atoms with Gasteiger partial charge >= 0.3 is 5.97 Å². The number of nitrogens with one attached hydrogen (secondary N) is 1. The molecule has 2 N–H and O–H groups in total. The minimum atomic E-state index is -0.853. The van der Waals surface area contributed by atoms with E-state index in [4.69, 9.17) is 13.9 Å². The summed E-state index contributed by atoms with van der Waals surface area (Å²) in [6, 6.07) is 7.31. The second-order valence-corrected chi connectivity index (χ2v) is 6.51. The number of rotatable bonds is 6. The Balaban J connectivity index is 1.49. The average Bonchev–Trinajstić information content (AvgIpc) is 3.23. The van der Waals surface area contributed by atoms with Gasteiger partial charge in [0.15, 0.2) is 11.5 Å². The predicted molar refractivity (Wildman–Crippen MR) is 89.7 cm³/mol. The fourth-order valence-corrected chi connectivity index (χ4v) is 3.48. The van der Waals surface area contributed by atoms with Gasteiger partial charge in [0.25, 0.3) is 0 Å². The lowest BCUT2D eigenvalue weighted by Gasteiger charge is -2.17. The molecule has 0 unspecified atom stereocenters. The second-order valence-electron chi connectivity index (χ2n) is 6.51. The molecule has 6 nitrogen and oxygen atoms in total. The van der Waals surface area contributed by atoms with Crippen molar-refractivity contribution < 1.29 is 23.8 Å². The topological polar surface area (TPSA) is 80.9 Å². The zero-order valence-electron chi connectivity index (χ0n) is 13.9. The van der Waals surface area contributed by atoms with Crippen LogP contribution in [0.4, 0.5) is 0 Å². The van der Waals surface area contributed by atoms with Gasteiger partial charge in [-0.3, -0.25) is 4.79 Å². The first-order valence-electron chi connectivity index (χ1n) is 8.64. The summed E-state index contributed by atoms with van der Waals surface area (Å²) in [4.78, 5) is 11.3. The lowest BCUT2D eigenvalue weighted by atomic mass is 9.99. The largest absolute Gasteiger partial charge is 0.481 e. The van der Waals surface area contributed by atoms with E-state index in [2.05, 4.69) is 11.4 Å². The summed E-state index contributed by atoms with van der Waals surface area (Å²) in [5.41, 5.74) is 2.16. The number of benzene rings is 1. The number of aryl methyl sites for hydroxylation is 2. The molecule has 1 atom stereocenters. The summed E-state index contributed by atoms with van der Waals surface area (Å²) in [5.74, 6) is 2.44. The number of ether oxygens (including phenoxy) is 2. The van der Waals surface area contributed by atoms with Crippen LogP contribution in [-0.4, -0.2) is 17.9 Å². The monoisotopic (exact) mass is 343 g/mol. The zero-order valence-corrected chi connectivity index (χ0v) is 13.9. The Morgan fingerprint density at radius 3 is 2.84 bits per heavy atom. The zero-order chi connectivity index (χ0) is 17.2. The maximum absolute atomic E-state index is 11.3. The van der Waals surface area contributed by atoms with Crippen LogP contribution >= 0.6 is 0 Å². The first-order valence-corrected chi connectivity index (χ1v) is 8.64. The van der Waals surface area contributed by atoms with Gasteiger partial charge in [0, 0.05) is 12.5 Å². The second kappa shape index (κ2) is 6.80. The smallest absolute Gasteiger partial charge is 0.305 e. The number of hydrogen-bond acceptors (Lipinski definition) is 5. The van der Waals surface area contributed by atoms with Crippen LogP contribution in [0.25, 0.3) is 0 Å². The van der Waals surface area contributed by atoms with E-state index in [-0.39, 0.29) is 19.3 Å². The van der Waals surface area contributed by atoms with Gasteiger partial charge in [0.1, 0.15) is 11.5 Å². The van der Waals surface area contributed by atoms with Gasteiger partial charge in [-0.15, -0.1) is 0 Å². The summed E-state index contributed by atoms with van der Waals surface area (Å²) >= 11 is 0. The maximum atomic E-state index is 11.3. The van der Waals surface area contributed by atoms with E-state index in [0.717, 1.165) is 29.9 Å². The van der Waals surface area contributed by atoms with Crippen LogP contribution in [0.15, 0.2) is 28.7 Å². The third-order valence-electron chi connectivity index (χ3n) is 4.75. The van der Waals surface area contributed by atoms with E-state index in [1.807, 2.05) is 18.2 Å². The molecule has 0 saturated heterocycles. The van der Waals surface area contributed by atoms with Gasteiger partial charge in [0.2, 0.25) is 6.79 Å².